The van der Waals surface area contributed by atoms with Crippen LogP contribution < -0.4 is 10.1 Å². The third-order valence-electron chi connectivity index (χ3n) is 7.09. The van der Waals surface area contributed by atoms with Crippen molar-refractivity contribution >= 4 is 17.7 Å². The van der Waals surface area contributed by atoms with Crippen molar-refractivity contribution in [3.05, 3.63) is 70.8 Å². The van der Waals surface area contributed by atoms with E-state index in [1.165, 1.54) is 5.56 Å². The van der Waals surface area contributed by atoms with Gasteiger partial charge in [-0.1, -0.05) is 26.0 Å². The zero-order chi connectivity index (χ0) is 26.6. The maximum Gasteiger partial charge on any atom is 0.305 e. The van der Waals surface area contributed by atoms with Gasteiger partial charge >= 0.3 is 5.97 Å². The quantitative estimate of drug-likeness (QED) is 0.416. The van der Waals surface area contributed by atoms with Gasteiger partial charge in [0.15, 0.2) is 0 Å². The summed E-state index contributed by atoms with van der Waals surface area (Å²) in [6.07, 6.45) is 7.23. The zero-order valence-electron chi connectivity index (χ0n) is 22.0. The molecule has 0 saturated heterocycles. The number of hydrogen-bond acceptors (Lipinski definition) is 6. The molecular weight excluding hydrogens is 482 g/mol. The van der Waals surface area contributed by atoms with E-state index in [2.05, 4.69) is 36.3 Å². The summed E-state index contributed by atoms with van der Waals surface area (Å²) in [5, 5.41) is 13.0. The number of pyridine rings is 2. The lowest BCUT2D eigenvalue weighted by molar-refractivity contribution is -0.138. The molecule has 1 unspecified atom stereocenters. The van der Waals surface area contributed by atoms with Gasteiger partial charge in [-0.15, -0.1) is 0 Å². The van der Waals surface area contributed by atoms with Crippen molar-refractivity contribution in [2.24, 2.45) is 5.92 Å². The van der Waals surface area contributed by atoms with Crippen molar-refractivity contribution < 1.29 is 19.4 Å². The summed E-state index contributed by atoms with van der Waals surface area (Å²) < 4.78 is 7.64. The summed E-state index contributed by atoms with van der Waals surface area (Å²) >= 11 is 0. The molecule has 5 rings (SSSR count). The minimum atomic E-state index is -0.961. The highest BCUT2D eigenvalue weighted by atomic mass is 16.5. The number of amides is 1. The Labute approximate surface area is 222 Å². The zero-order valence-corrected chi connectivity index (χ0v) is 22.0. The third-order valence-corrected chi connectivity index (χ3v) is 7.09. The summed E-state index contributed by atoms with van der Waals surface area (Å²) in [7, 11) is 0. The fraction of sp³-hybridized carbons (Fsp3) is 0.448. The predicted octanol–water partition coefficient (Wildman–Crippen LogP) is 4.13. The van der Waals surface area contributed by atoms with E-state index in [4.69, 9.17) is 9.72 Å². The summed E-state index contributed by atoms with van der Waals surface area (Å²) in [6, 6.07) is 9.14. The topological polar surface area (TPSA) is 110 Å². The highest BCUT2D eigenvalue weighted by Crippen LogP contribution is 2.30. The number of aliphatic carboxylic acids is 1. The van der Waals surface area contributed by atoms with Gasteiger partial charge in [-0.3, -0.25) is 9.59 Å². The molecule has 0 aliphatic carbocycles. The second-order valence-corrected chi connectivity index (χ2v) is 10.5. The molecule has 0 aromatic carbocycles. The lowest BCUT2D eigenvalue weighted by atomic mass is 10.0. The molecule has 3 aromatic heterocycles. The predicted molar refractivity (Wildman–Crippen MR) is 143 cm³/mol. The van der Waals surface area contributed by atoms with Crippen molar-refractivity contribution in [1.29, 1.82) is 0 Å². The fourth-order valence-corrected chi connectivity index (χ4v) is 5.11. The Balaban J connectivity index is 1.29. The number of hydrogen-bond donors (Lipinski definition) is 2. The Morgan fingerprint density at radius 1 is 1.18 bits per heavy atom. The van der Waals surface area contributed by atoms with E-state index in [1.807, 2.05) is 22.9 Å². The molecule has 0 radical (unpaired) electrons. The number of carbonyl (C=O) groups is 2. The van der Waals surface area contributed by atoms with Crippen molar-refractivity contribution in [3.63, 3.8) is 0 Å². The first-order valence-corrected chi connectivity index (χ1v) is 13.4. The van der Waals surface area contributed by atoms with E-state index in [-0.39, 0.29) is 12.3 Å². The van der Waals surface area contributed by atoms with Crippen molar-refractivity contribution in [3.8, 4) is 5.88 Å². The summed E-state index contributed by atoms with van der Waals surface area (Å²) in [4.78, 5) is 36.1. The number of nitrogens with one attached hydrogen (secondary N) is 1. The Morgan fingerprint density at radius 3 is 2.82 bits per heavy atom. The number of anilines is 1. The monoisotopic (exact) mass is 517 g/mol. The van der Waals surface area contributed by atoms with Gasteiger partial charge < -0.3 is 24.6 Å². The van der Waals surface area contributed by atoms with Crippen molar-refractivity contribution in [2.75, 3.05) is 25.0 Å². The van der Waals surface area contributed by atoms with Crippen LogP contribution in [0.4, 0.5) is 5.82 Å². The number of ether oxygens (including phenoxy) is 1. The highest BCUT2D eigenvalue weighted by molar-refractivity contribution is 5.94. The standard InChI is InChI=1S/C29H35N5O4/c1-19(2)18-38-26-10-7-22(16-31-26)24(15-27(35)36)34-13-12-33-17-20(14-25(33)29(34)37)5-8-23-9-6-21-4-3-11-30-28(21)32-23/h6-7,9-10,14,16-17,19,24H,3-5,8,11-13,15,18H2,1-2H3,(H,30,32)(H,35,36). The SMILES string of the molecule is CC(C)COc1ccc(C(CC(=O)O)N2CCn3cc(CCc4ccc5c(n4)NCCC5)cc3C2=O)cn1. The Morgan fingerprint density at radius 2 is 2.05 bits per heavy atom. The van der Waals surface area contributed by atoms with Gasteiger partial charge in [-0.2, -0.15) is 0 Å². The number of carbonyl (C=O) groups excluding carboxylic acids is 1. The van der Waals surface area contributed by atoms with Gasteiger partial charge in [0, 0.05) is 43.8 Å². The van der Waals surface area contributed by atoms with Crippen LogP contribution in [-0.2, 0) is 30.6 Å². The van der Waals surface area contributed by atoms with Crippen molar-refractivity contribution in [1.82, 2.24) is 19.4 Å². The molecule has 2 N–H and O–H groups in total. The molecule has 1 amide bonds. The van der Waals surface area contributed by atoms with Crippen LogP contribution in [0.3, 0.4) is 0 Å². The number of nitrogens with zero attached hydrogens (tertiary/aromatic N) is 4. The number of aromatic nitrogens is 3. The average molecular weight is 518 g/mol. The lowest BCUT2D eigenvalue weighted by Gasteiger charge is -2.34. The van der Waals surface area contributed by atoms with E-state index in [0.29, 0.717) is 42.8 Å². The first-order chi connectivity index (χ1) is 18.4. The second-order valence-electron chi connectivity index (χ2n) is 10.5. The van der Waals surface area contributed by atoms with Gasteiger partial charge in [-0.25, -0.2) is 9.97 Å². The maximum absolute atomic E-state index is 13.6. The van der Waals surface area contributed by atoms with E-state index in [1.54, 1.807) is 17.2 Å². The highest BCUT2D eigenvalue weighted by Gasteiger charge is 2.33. The van der Waals surface area contributed by atoms with E-state index in [0.717, 1.165) is 49.3 Å². The molecule has 0 saturated carbocycles. The maximum atomic E-state index is 13.6. The molecule has 0 spiro atoms. The minimum Gasteiger partial charge on any atom is -0.481 e. The molecule has 200 valence electrons. The molecule has 3 aromatic rings. The first-order valence-electron chi connectivity index (χ1n) is 13.4. The van der Waals surface area contributed by atoms with Crippen LogP contribution >= 0.6 is 0 Å². The largest absolute Gasteiger partial charge is 0.481 e. The number of rotatable bonds is 10. The third kappa shape index (κ3) is 5.82. The average Bonchev–Trinajstić information content (AvgIpc) is 3.34. The summed E-state index contributed by atoms with van der Waals surface area (Å²) in [5.41, 5.74) is 4.65. The molecule has 38 heavy (non-hydrogen) atoms. The van der Waals surface area contributed by atoms with E-state index < -0.39 is 12.0 Å². The van der Waals surface area contributed by atoms with Gasteiger partial charge in [0.1, 0.15) is 11.5 Å². The molecule has 1 atom stereocenters. The van der Waals surface area contributed by atoms with E-state index in [9.17, 15) is 14.7 Å². The van der Waals surface area contributed by atoms with Gasteiger partial charge in [-0.05, 0) is 60.4 Å². The van der Waals surface area contributed by atoms with Crippen LogP contribution in [0, 0.1) is 5.92 Å². The molecule has 9 nitrogen and oxygen atoms in total. The Hall–Kier alpha value is -3.88. The molecule has 5 heterocycles. The van der Waals surface area contributed by atoms with E-state index >= 15 is 0 Å². The molecule has 0 bridgehead atoms. The van der Waals surface area contributed by atoms with Crippen LogP contribution in [0.1, 0.15) is 65.6 Å². The number of fused-ring (bicyclic) bond motifs is 2. The van der Waals surface area contributed by atoms with Gasteiger partial charge in [0.25, 0.3) is 5.91 Å². The van der Waals surface area contributed by atoms with Crippen LogP contribution in [0.5, 0.6) is 5.88 Å². The molecular formula is C29H35N5O4. The molecule has 9 heteroatoms. The summed E-state index contributed by atoms with van der Waals surface area (Å²) in [6.45, 7) is 6.67. The van der Waals surface area contributed by atoms with Crippen LogP contribution in [0.25, 0.3) is 0 Å². The molecule has 0 fully saturated rings. The van der Waals surface area contributed by atoms with Crippen molar-refractivity contribution in [2.45, 2.75) is 58.5 Å². The van der Waals surface area contributed by atoms with Crippen LogP contribution in [0.15, 0.2) is 42.7 Å². The minimum absolute atomic E-state index is 0.162. The van der Waals surface area contributed by atoms with Gasteiger partial charge in [0.2, 0.25) is 5.88 Å². The number of carboxylic acid groups (broad SMARTS) is 1. The van der Waals surface area contributed by atoms with Crippen LogP contribution in [0.2, 0.25) is 0 Å². The van der Waals surface area contributed by atoms with Crippen LogP contribution in [-0.4, -0.2) is 56.1 Å². The number of carboxylic acids is 1. The molecule has 2 aliphatic heterocycles. The Kier molecular flexibility index (Phi) is 7.62. The summed E-state index contributed by atoms with van der Waals surface area (Å²) in [5.74, 6) is 0.731. The number of aryl methyl sites for hydroxylation is 3. The normalized spacial score (nSPS) is 15.6. The Bertz CT molecular complexity index is 1300. The first kappa shape index (κ1) is 25.8. The lowest BCUT2D eigenvalue weighted by Crippen LogP contribution is -2.43. The fourth-order valence-electron chi connectivity index (χ4n) is 5.11. The smallest absolute Gasteiger partial charge is 0.305 e. The van der Waals surface area contributed by atoms with Gasteiger partial charge in [0.05, 0.1) is 19.1 Å². The molecule has 2 aliphatic rings. The second kappa shape index (κ2) is 11.2.